The summed E-state index contributed by atoms with van der Waals surface area (Å²) in [5.74, 6) is 1.46. The molecule has 100 valence electrons. The van der Waals surface area contributed by atoms with Gasteiger partial charge in [0.1, 0.15) is 10.7 Å². The molecule has 0 spiro atoms. The van der Waals surface area contributed by atoms with Gasteiger partial charge in [-0.3, -0.25) is 4.79 Å². The molecule has 2 atom stereocenters. The zero-order chi connectivity index (χ0) is 13.3. The van der Waals surface area contributed by atoms with Gasteiger partial charge in [0.05, 0.1) is 0 Å². The Morgan fingerprint density at radius 1 is 1.50 bits per heavy atom. The van der Waals surface area contributed by atoms with Crippen molar-refractivity contribution >= 4 is 28.2 Å². The van der Waals surface area contributed by atoms with Crippen LogP contribution in [0.25, 0.3) is 0 Å². The lowest BCUT2D eigenvalue weighted by atomic mass is 10.0. The Balaban J connectivity index is 2.14. The number of rotatable bonds is 3. The number of hydrogen-bond donors (Lipinski definition) is 2. The summed E-state index contributed by atoms with van der Waals surface area (Å²) in [6.07, 6.45) is 0. The average Bonchev–Trinajstić information content (AvgIpc) is 2.83. The summed E-state index contributed by atoms with van der Waals surface area (Å²) in [5.41, 5.74) is 5.82. The van der Waals surface area contributed by atoms with Crippen molar-refractivity contribution in [2.75, 3.05) is 30.7 Å². The van der Waals surface area contributed by atoms with Gasteiger partial charge in [-0.15, -0.1) is 0 Å². The van der Waals surface area contributed by atoms with Crippen LogP contribution in [-0.4, -0.2) is 35.4 Å². The Bertz CT molecular complexity index is 435. The first kappa shape index (κ1) is 13.1. The Hall–Kier alpha value is -1.30. The normalized spacial score (nSPS) is 23.4. The number of nitrogen functional groups attached to an aromatic ring is 1. The molecule has 3 N–H and O–H groups in total. The first-order valence-corrected chi connectivity index (χ1v) is 7.14. The van der Waals surface area contributed by atoms with Crippen LogP contribution in [0.2, 0.25) is 0 Å². The first-order valence-electron chi connectivity index (χ1n) is 6.32. The van der Waals surface area contributed by atoms with Crippen LogP contribution in [0.3, 0.4) is 0 Å². The highest BCUT2D eigenvalue weighted by atomic mass is 32.1. The van der Waals surface area contributed by atoms with Gasteiger partial charge >= 0.3 is 0 Å². The van der Waals surface area contributed by atoms with Crippen LogP contribution in [0.5, 0.6) is 0 Å². The molecule has 0 saturated carbocycles. The van der Waals surface area contributed by atoms with Crippen LogP contribution in [0, 0.1) is 11.8 Å². The highest BCUT2D eigenvalue weighted by molar-refractivity contribution is 7.18. The van der Waals surface area contributed by atoms with Crippen LogP contribution in [0.1, 0.15) is 30.4 Å². The molecule has 2 heterocycles. The lowest BCUT2D eigenvalue weighted by Crippen LogP contribution is -2.28. The number of aromatic nitrogens is 1. The predicted octanol–water partition coefficient (Wildman–Crippen LogP) is 1.89. The van der Waals surface area contributed by atoms with Gasteiger partial charge in [0.25, 0.3) is 5.91 Å². The number of thiazole rings is 1. The van der Waals surface area contributed by atoms with Crippen molar-refractivity contribution in [3.63, 3.8) is 0 Å². The second kappa shape index (κ2) is 5.14. The van der Waals surface area contributed by atoms with Crippen molar-refractivity contribution in [1.82, 2.24) is 9.88 Å². The maximum atomic E-state index is 12.4. The van der Waals surface area contributed by atoms with Crippen molar-refractivity contribution < 1.29 is 4.79 Å². The minimum atomic E-state index is 0.0188. The third-order valence-electron chi connectivity index (χ3n) is 3.45. The number of nitrogens with two attached hydrogens (primary N) is 1. The highest BCUT2D eigenvalue weighted by Gasteiger charge is 2.31. The van der Waals surface area contributed by atoms with Crippen LogP contribution >= 0.6 is 11.3 Å². The number of nitrogens with one attached hydrogen (secondary N) is 1. The van der Waals surface area contributed by atoms with Crippen molar-refractivity contribution in [2.45, 2.75) is 20.8 Å². The van der Waals surface area contributed by atoms with Gasteiger partial charge in [0.15, 0.2) is 5.13 Å². The standard InChI is InChI=1S/C12H20N4OS/c1-4-14-12-15-10(13)9(18-12)11(17)16-5-7(2)8(3)6-16/h7-8H,4-6,13H2,1-3H3,(H,14,15). The quantitative estimate of drug-likeness (QED) is 0.878. The van der Waals surface area contributed by atoms with Gasteiger partial charge in [-0.25, -0.2) is 4.98 Å². The topological polar surface area (TPSA) is 71.2 Å². The Labute approximate surface area is 111 Å². The number of anilines is 2. The number of hydrogen-bond acceptors (Lipinski definition) is 5. The van der Waals surface area contributed by atoms with Crippen LogP contribution in [0.4, 0.5) is 10.9 Å². The Morgan fingerprint density at radius 2 is 2.11 bits per heavy atom. The zero-order valence-electron chi connectivity index (χ0n) is 11.1. The third kappa shape index (κ3) is 2.43. The van der Waals surface area contributed by atoms with Gasteiger partial charge in [0.2, 0.25) is 0 Å². The maximum Gasteiger partial charge on any atom is 0.267 e. The fourth-order valence-corrected chi connectivity index (χ4v) is 3.07. The summed E-state index contributed by atoms with van der Waals surface area (Å²) < 4.78 is 0. The molecule has 2 rings (SSSR count). The van der Waals surface area contributed by atoms with Crippen molar-refractivity contribution in [2.24, 2.45) is 11.8 Å². The fourth-order valence-electron chi connectivity index (χ4n) is 2.15. The SMILES string of the molecule is CCNc1nc(N)c(C(=O)N2CC(C)C(C)C2)s1. The lowest BCUT2D eigenvalue weighted by molar-refractivity contribution is 0.0790. The second-order valence-electron chi connectivity index (χ2n) is 4.93. The molecule has 2 unspecified atom stereocenters. The largest absolute Gasteiger partial charge is 0.382 e. The van der Waals surface area contributed by atoms with Crippen molar-refractivity contribution in [3.05, 3.63) is 4.88 Å². The van der Waals surface area contributed by atoms with E-state index in [9.17, 15) is 4.79 Å². The third-order valence-corrected chi connectivity index (χ3v) is 4.47. The highest BCUT2D eigenvalue weighted by Crippen LogP contribution is 2.29. The molecule has 1 aromatic rings. The summed E-state index contributed by atoms with van der Waals surface area (Å²) in [7, 11) is 0. The molecular formula is C12H20N4OS. The molecule has 1 fully saturated rings. The van der Waals surface area contributed by atoms with Gasteiger partial charge in [0, 0.05) is 19.6 Å². The Morgan fingerprint density at radius 3 is 2.67 bits per heavy atom. The minimum Gasteiger partial charge on any atom is -0.382 e. The van der Waals surface area contributed by atoms with Crippen molar-refractivity contribution in [3.8, 4) is 0 Å². The number of carbonyl (C=O) groups is 1. The molecule has 18 heavy (non-hydrogen) atoms. The van der Waals surface area contributed by atoms with Crippen LogP contribution in [0.15, 0.2) is 0 Å². The number of amides is 1. The Kier molecular flexibility index (Phi) is 3.75. The maximum absolute atomic E-state index is 12.4. The van der Waals surface area contributed by atoms with Gasteiger partial charge in [-0.05, 0) is 18.8 Å². The average molecular weight is 268 g/mol. The molecule has 0 radical (unpaired) electrons. The van der Waals surface area contributed by atoms with E-state index in [-0.39, 0.29) is 5.91 Å². The molecule has 0 aliphatic carbocycles. The van der Waals surface area contributed by atoms with E-state index in [4.69, 9.17) is 5.73 Å². The molecule has 1 aromatic heterocycles. The minimum absolute atomic E-state index is 0.0188. The van der Waals surface area contributed by atoms with Gasteiger partial charge in [-0.2, -0.15) is 0 Å². The van der Waals surface area contributed by atoms with E-state index in [0.29, 0.717) is 22.5 Å². The van der Waals surface area contributed by atoms with E-state index in [2.05, 4.69) is 24.1 Å². The second-order valence-corrected chi connectivity index (χ2v) is 5.93. The molecule has 6 heteroatoms. The molecule has 5 nitrogen and oxygen atoms in total. The van der Waals surface area contributed by atoms with E-state index < -0.39 is 0 Å². The molecular weight excluding hydrogens is 248 g/mol. The predicted molar refractivity (Wildman–Crippen MR) is 74.9 cm³/mol. The monoisotopic (exact) mass is 268 g/mol. The first-order chi connectivity index (χ1) is 8.52. The molecule has 1 saturated heterocycles. The van der Waals surface area contributed by atoms with E-state index >= 15 is 0 Å². The van der Waals surface area contributed by atoms with E-state index in [1.807, 2.05) is 11.8 Å². The number of carbonyl (C=O) groups excluding carboxylic acids is 1. The fraction of sp³-hybridized carbons (Fsp3) is 0.667. The zero-order valence-corrected chi connectivity index (χ0v) is 11.9. The summed E-state index contributed by atoms with van der Waals surface area (Å²) in [5, 5.41) is 3.81. The van der Waals surface area contributed by atoms with Crippen LogP contribution < -0.4 is 11.1 Å². The van der Waals surface area contributed by atoms with E-state index in [0.717, 1.165) is 24.8 Å². The molecule has 1 aliphatic rings. The summed E-state index contributed by atoms with van der Waals surface area (Å²) in [6.45, 7) is 8.75. The molecule has 1 amide bonds. The van der Waals surface area contributed by atoms with E-state index in [1.54, 1.807) is 0 Å². The lowest BCUT2D eigenvalue weighted by Gasteiger charge is -2.14. The van der Waals surface area contributed by atoms with Gasteiger partial charge < -0.3 is 16.0 Å². The summed E-state index contributed by atoms with van der Waals surface area (Å²) in [4.78, 5) is 19.0. The van der Waals surface area contributed by atoms with Gasteiger partial charge in [-0.1, -0.05) is 25.2 Å². The molecule has 0 aromatic carbocycles. The van der Waals surface area contributed by atoms with E-state index in [1.165, 1.54) is 11.3 Å². The number of likely N-dealkylation sites (tertiary alicyclic amines) is 1. The van der Waals surface area contributed by atoms with Crippen molar-refractivity contribution in [1.29, 1.82) is 0 Å². The smallest absolute Gasteiger partial charge is 0.267 e. The van der Waals surface area contributed by atoms with Crippen LogP contribution in [-0.2, 0) is 0 Å². The number of nitrogens with zero attached hydrogens (tertiary/aromatic N) is 2. The summed E-state index contributed by atoms with van der Waals surface area (Å²) >= 11 is 1.34. The summed E-state index contributed by atoms with van der Waals surface area (Å²) in [6, 6.07) is 0. The molecule has 1 aliphatic heterocycles. The molecule has 0 bridgehead atoms.